The van der Waals surface area contributed by atoms with Crippen LogP contribution in [0, 0.1) is 0 Å². The molecule has 0 fully saturated rings. The number of rotatable bonds is 7. The van der Waals surface area contributed by atoms with Gasteiger partial charge in [-0.05, 0) is 116 Å². The van der Waals surface area contributed by atoms with Gasteiger partial charge < -0.3 is 9.47 Å². The molecule has 10 aromatic carbocycles. The van der Waals surface area contributed by atoms with E-state index in [2.05, 4.69) is 254 Å². The van der Waals surface area contributed by atoms with Crippen LogP contribution in [0.4, 0.5) is 17.1 Å². The standard InChI is InChI=1S/C61H44N2/c1-61(2)55-28-16-14-24-50(55)51-35-34-48(39-56(51)61)62(47-32-30-44(31-33-47)41-18-6-3-7-19-41)58-40-59-60(53-26-13-12-25-52(53)58)54-27-15-17-29-57(54)63(59)49-37-45(42-20-8-4-9-21-42)36-46(38-49)43-22-10-5-11-23-43/h3-40H,1-2H3. The first-order valence-electron chi connectivity index (χ1n) is 21.9. The molecule has 1 aromatic heterocycles. The summed E-state index contributed by atoms with van der Waals surface area (Å²) in [6.45, 7) is 4.74. The van der Waals surface area contributed by atoms with Gasteiger partial charge in [0.1, 0.15) is 0 Å². The molecule has 0 aliphatic heterocycles. The Balaban J connectivity index is 1.15. The minimum absolute atomic E-state index is 0.149. The summed E-state index contributed by atoms with van der Waals surface area (Å²) in [6.07, 6.45) is 0. The lowest BCUT2D eigenvalue weighted by Gasteiger charge is -2.29. The highest BCUT2D eigenvalue weighted by Gasteiger charge is 2.36. The van der Waals surface area contributed by atoms with Gasteiger partial charge in [0.2, 0.25) is 0 Å². The van der Waals surface area contributed by atoms with Gasteiger partial charge in [-0.1, -0.05) is 190 Å². The predicted octanol–water partition coefficient (Wildman–Crippen LogP) is 16.7. The molecule has 0 N–H and O–H groups in total. The summed E-state index contributed by atoms with van der Waals surface area (Å²) < 4.78 is 2.50. The minimum Gasteiger partial charge on any atom is -0.310 e. The van der Waals surface area contributed by atoms with Crippen LogP contribution in [0.15, 0.2) is 231 Å². The molecule has 0 atom stereocenters. The molecule has 0 spiro atoms. The summed E-state index contributed by atoms with van der Waals surface area (Å²) >= 11 is 0. The largest absolute Gasteiger partial charge is 0.310 e. The molecule has 1 aliphatic carbocycles. The molecule has 0 amide bonds. The van der Waals surface area contributed by atoms with Gasteiger partial charge >= 0.3 is 0 Å². The minimum atomic E-state index is -0.149. The predicted molar refractivity (Wildman–Crippen MR) is 267 cm³/mol. The van der Waals surface area contributed by atoms with Crippen LogP contribution >= 0.6 is 0 Å². The van der Waals surface area contributed by atoms with Crippen LogP contribution in [-0.4, -0.2) is 4.57 Å². The highest BCUT2D eigenvalue weighted by Crippen LogP contribution is 2.52. The smallest absolute Gasteiger partial charge is 0.0568 e. The van der Waals surface area contributed by atoms with E-state index in [-0.39, 0.29) is 5.41 Å². The summed E-state index contributed by atoms with van der Waals surface area (Å²) in [5.74, 6) is 0. The third kappa shape index (κ3) is 6.02. The number of para-hydroxylation sites is 1. The molecule has 0 bridgehead atoms. The Labute approximate surface area is 368 Å². The third-order valence-corrected chi connectivity index (χ3v) is 13.3. The monoisotopic (exact) mass is 804 g/mol. The van der Waals surface area contributed by atoms with E-state index in [9.17, 15) is 0 Å². The molecule has 11 aromatic rings. The van der Waals surface area contributed by atoms with Crippen LogP contribution in [0.2, 0.25) is 0 Å². The molecule has 1 heterocycles. The fraction of sp³-hybridized carbons (Fsp3) is 0.0492. The molecule has 1 aliphatic rings. The average Bonchev–Trinajstić information content (AvgIpc) is 3.80. The van der Waals surface area contributed by atoms with E-state index >= 15 is 0 Å². The zero-order chi connectivity index (χ0) is 42.1. The van der Waals surface area contributed by atoms with Crippen LogP contribution in [0.25, 0.3) is 82.8 Å². The van der Waals surface area contributed by atoms with Gasteiger partial charge in [-0.2, -0.15) is 0 Å². The second kappa shape index (κ2) is 14.6. The van der Waals surface area contributed by atoms with Crippen molar-refractivity contribution in [2.45, 2.75) is 19.3 Å². The zero-order valence-electron chi connectivity index (χ0n) is 35.3. The first kappa shape index (κ1) is 36.9. The Kier molecular flexibility index (Phi) is 8.55. The van der Waals surface area contributed by atoms with Crippen molar-refractivity contribution in [1.82, 2.24) is 4.57 Å². The molecule has 298 valence electrons. The Morgan fingerprint density at radius 3 is 1.52 bits per heavy atom. The van der Waals surface area contributed by atoms with Crippen LogP contribution in [-0.2, 0) is 5.41 Å². The van der Waals surface area contributed by atoms with Crippen molar-refractivity contribution < 1.29 is 0 Å². The lowest BCUT2D eigenvalue weighted by atomic mass is 9.82. The first-order valence-corrected chi connectivity index (χ1v) is 21.9. The number of anilines is 3. The Morgan fingerprint density at radius 1 is 0.349 bits per heavy atom. The summed E-state index contributed by atoms with van der Waals surface area (Å²) in [7, 11) is 0. The highest BCUT2D eigenvalue weighted by molar-refractivity contribution is 6.24. The molecule has 0 saturated carbocycles. The van der Waals surface area contributed by atoms with Crippen molar-refractivity contribution in [3.8, 4) is 50.2 Å². The number of hydrogen-bond acceptors (Lipinski definition) is 1. The Bertz CT molecular complexity index is 3450. The van der Waals surface area contributed by atoms with E-state index in [1.807, 2.05) is 0 Å². The average molecular weight is 805 g/mol. The van der Waals surface area contributed by atoms with Crippen molar-refractivity contribution in [3.05, 3.63) is 242 Å². The van der Waals surface area contributed by atoms with E-state index in [1.165, 1.54) is 82.7 Å². The first-order chi connectivity index (χ1) is 31.0. The Morgan fingerprint density at radius 2 is 0.857 bits per heavy atom. The van der Waals surface area contributed by atoms with Crippen LogP contribution in [0.3, 0.4) is 0 Å². The van der Waals surface area contributed by atoms with E-state index < -0.39 is 0 Å². The molecule has 0 saturated heterocycles. The van der Waals surface area contributed by atoms with E-state index in [0.717, 1.165) is 28.3 Å². The lowest BCUT2D eigenvalue weighted by molar-refractivity contribution is 0.660. The molecule has 2 heteroatoms. The molecular formula is C61H44N2. The van der Waals surface area contributed by atoms with Crippen LogP contribution in [0.5, 0.6) is 0 Å². The van der Waals surface area contributed by atoms with Crippen molar-refractivity contribution in [1.29, 1.82) is 0 Å². The van der Waals surface area contributed by atoms with Crippen LogP contribution < -0.4 is 4.90 Å². The normalized spacial score (nSPS) is 12.7. The summed E-state index contributed by atoms with van der Waals surface area (Å²) in [5.41, 5.74) is 19.2. The van der Waals surface area contributed by atoms with Crippen molar-refractivity contribution >= 4 is 49.6 Å². The van der Waals surface area contributed by atoms with E-state index in [4.69, 9.17) is 0 Å². The van der Waals surface area contributed by atoms with Gasteiger partial charge in [-0.25, -0.2) is 0 Å². The quantitative estimate of drug-likeness (QED) is 0.156. The maximum Gasteiger partial charge on any atom is 0.0568 e. The maximum absolute atomic E-state index is 2.50. The maximum atomic E-state index is 2.50. The summed E-state index contributed by atoms with van der Waals surface area (Å²) in [5, 5.41) is 4.91. The van der Waals surface area contributed by atoms with Gasteiger partial charge in [0, 0.05) is 38.6 Å². The van der Waals surface area contributed by atoms with Gasteiger partial charge in [0.25, 0.3) is 0 Å². The molecule has 12 rings (SSSR count). The summed E-state index contributed by atoms with van der Waals surface area (Å²) in [6, 6.07) is 84.8. The molecule has 0 radical (unpaired) electrons. The van der Waals surface area contributed by atoms with E-state index in [1.54, 1.807) is 0 Å². The molecule has 0 unspecified atom stereocenters. The number of hydrogen-bond donors (Lipinski definition) is 0. The van der Waals surface area contributed by atoms with Crippen LogP contribution in [0.1, 0.15) is 25.0 Å². The van der Waals surface area contributed by atoms with Gasteiger partial charge in [0.15, 0.2) is 0 Å². The number of benzene rings is 10. The fourth-order valence-corrected chi connectivity index (χ4v) is 10.3. The SMILES string of the molecule is CC1(C)c2ccccc2-c2ccc(N(c3ccc(-c4ccccc4)cc3)c3cc4c(c5ccccc35)c3ccccc3n4-c3cc(-c4ccccc4)cc(-c4ccccc4)c3)cc21. The van der Waals surface area contributed by atoms with Crippen molar-refractivity contribution in [2.75, 3.05) is 4.90 Å². The van der Waals surface area contributed by atoms with Gasteiger partial charge in [0.05, 0.1) is 16.7 Å². The van der Waals surface area contributed by atoms with Gasteiger partial charge in [-0.3, -0.25) is 0 Å². The molecule has 63 heavy (non-hydrogen) atoms. The zero-order valence-corrected chi connectivity index (χ0v) is 35.3. The second-order valence-electron chi connectivity index (χ2n) is 17.3. The molecular weight excluding hydrogens is 761 g/mol. The van der Waals surface area contributed by atoms with Crippen molar-refractivity contribution in [2.24, 2.45) is 0 Å². The Hall–Kier alpha value is -7.94. The third-order valence-electron chi connectivity index (χ3n) is 13.3. The number of fused-ring (bicyclic) bond motifs is 8. The number of nitrogens with zero attached hydrogens (tertiary/aromatic N) is 2. The summed E-state index contributed by atoms with van der Waals surface area (Å²) in [4.78, 5) is 2.49. The second-order valence-corrected chi connectivity index (χ2v) is 17.3. The number of aromatic nitrogens is 1. The van der Waals surface area contributed by atoms with E-state index in [0.29, 0.717) is 0 Å². The lowest BCUT2D eigenvalue weighted by Crippen LogP contribution is -2.16. The van der Waals surface area contributed by atoms with Gasteiger partial charge in [-0.15, -0.1) is 0 Å². The van der Waals surface area contributed by atoms with Crippen molar-refractivity contribution in [3.63, 3.8) is 0 Å². The topological polar surface area (TPSA) is 8.17 Å². The fourth-order valence-electron chi connectivity index (χ4n) is 10.3. The molecule has 2 nitrogen and oxygen atoms in total. The highest BCUT2D eigenvalue weighted by atomic mass is 15.1.